The predicted molar refractivity (Wildman–Crippen MR) is 145 cm³/mol. The van der Waals surface area contributed by atoms with Crippen LogP contribution in [0.5, 0.6) is 0 Å². The molecule has 3 fully saturated rings. The Labute approximate surface area is 178 Å². The Bertz CT molecular complexity index is 528. The Kier molecular flexibility index (Phi) is 5.83. The van der Waals surface area contributed by atoms with Crippen molar-refractivity contribution in [1.82, 2.24) is 0 Å². The lowest BCUT2D eigenvalue weighted by atomic mass is 10.2. The Balaban J connectivity index is 2.90. The number of rotatable bonds is 5. The fourth-order valence-corrected chi connectivity index (χ4v) is 153. The number of fused-ring (bicyclic) bond motifs is 3. The third-order valence-corrected chi connectivity index (χ3v) is 105. The highest BCUT2D eigenvalue weighted by atomic mass is 29.4. The van der Waals surface area contributed by atoms with Crippen LogP contribution in [0.2, 0.25) is 87.1 Å². The smallest absolute Gasteiger partial charge is 0.0417 e. The molecular weight excluding hydrogens is 421 g/mol. The summed E-state index contributed by atoms with van der Waals surface area (Å²) < 4.78 is 1.75. The molecule has 0 aromatic rings. The van der Waals surface area contributed by atoms with Gasteiger partial charge in [0, 0.05) is 45.5 Å². The van der Waals surface area contributed by atoms with Gasteiger partial charge in [-0.25, -0.2) is 0 Å². The molecule has 3 heterocycles. The lowest BCUT2D eigenvalue weighted by Crippen LogP contribution is -3.03. The van der Waals surface area contributed by atoms with Gasteiger partial charge < -0.3 is 0 Å². The standard InChI is InChI=1S/C21H52Si6/c1-15-16-17-18-19-21-25(9,10)22(3,4)20(2,23(5,6)26(21,11)12)24(7,8)27(21,13)14/h15-19H2,1-14H3. The van der Waals surface area contributed by atoms with E-state index in [2.05, 4.69) is 92.4 Å². The van der Waals surface area contributed by atoms with Crippen molar-refractivity contribution >= 4 is 45.5 Å². The van der Waals surface area contributed by atoms with Crippen molar-refractivity contribution in [3.63, 3.8) is 0 Å². The highest BCUT2D eigenvalue weighted by Gasteiger charge is 2.90. The minimum absolute atomic E-state index is 0.847. The molecule has 0 aromatic carbocycles. The SMILES string of the molecule is CCCCCCC12[Si](C)(C)[Si](C)(C)C(C)([Si](C)(C)[Si]1(C)C)[Si](C)(C)[Si]2(C)C. The normalized spacial score (nSPS) is 39.3. The molecule has 0 atom stereocenters. The molecule has 0 aliphatic carbocycles. The van der Waals surface area contributed by atoms with Crippen LogP contribution < -0.4 is 0 Å². The zero-order valence-corrected chi connectivity index (χ0v) is 27.5. The Morgan fingerprint density at radius 2 is 0.815 bits per heavy atom. The largest absolute Gasteiger partial charge is 0.0713 e. The fraction of sp³-hybridized carbons (Fsp3) is 1.00. The van der Waals surface area contributed by atoms with Crippen LogP contribution in [0, 0.1) is 0 Å². The first-order valence-corrected chi connectivity index (χ1v) is 32.8. The maximum atomic E-state index is 2.95. The monoisotopic (exact) mass is 472 g/mol. The van der Waals surface area contributed by atoms with Gasteiger partial charge in [0.1, 0.15) is 0 Å². The second-order valence-electron chi connectivity index (χ2n) is 13.6. The molecule has 160 valence electrons. The van der Waals surface area contributed by atoms with Crippen LogP contribution in [0.4, 0.5) is 0 Å². The minimum atomic E-state index is -1.30. The summed E-state index contributed by atoms with van der Waals surface area (Å²) in [4.78, 5) is 0. The summed E-state index contributed by atoms with van der Waals surface area (Å²) in [5.41, 5.74) is 0. The molecule has 3 rings (SSSR count). The van der Waals surface area contributed by atoms with Crippen LogP contribution in [0.15, 0.2) is 0 Å². The molecule has 0 spiro atoms. The molecule has 0 aromatic heterocycles. The van der Waals surface area contributed by atoms with E-state index in [4.69, 9.17) is 0 Å². The van der Waals surface area contributed by atoms with E-state index in [1.54, 1.807) is 12.8 Å². The second-order valence-corrected chi connectivity index (χ2v) is 64.2. The van der Waals surface area contributed by atoms with Gasteiger partial charge in [-0.1, -0.05) is 129 Å². The van der Waals surface area contributed by atoms with Gasteiger partial charge in [0.05, 0.1) is 0 Å². The van der Waals surface area contributed by atoms with Crippen molar-refractivity contribution in [2.75, 3.05) is 0 Å². The molecule has 0 amide bonds. The van der Waals surface area contributed by atoms with E-state index in [1.807, 2.05) is 0 Å². The predicted octanol–water partition coefficient (Wildman–Crippen LogP) is 8.13. The van der Waals surface area contributed by atoms with E-state index in [1.165, 1.54) is 19.3 Å². The third kappa shape index (κ3) is 2.19. The molecule has 0 N–H and O–H groups in total. The van der Waals surface area contributed by atoms with Gasteiger partial charge in [-0.05, 0) is 4.28 Å². The molecule has 2 bridgehead atoms. The Morgan fingerprint density at radius 3 is 1.11 bits per heavy atom. The molecule has 3 aliphatic heterocycles. The first-order valence-electron chi connectivity index (χ1n) is 11.8. The first-order chi connectivity index (χ1) is 11.8. The van der Waals surface area contributed by atoms with Gasteiger partial charge >= 0.3 is 0 Å². The molecular formula is C21H52Si6. The van der Waals surface area contributed by atoms with E-state index in [9.17, 15) is 0 Å². The van der Waals surface area contributed by atoms with Crippen molar-refractivity contribution in [3.8, 4) is 0 Å². The van der Waals surface area contributed by atoms with E-state index < -0.39 is 45.5 Å². The topological polar surface area (TPSA) is 0 Å². The number of unbranched alkanes of at least 4 members (excludes halogenated alkanes) is 3. The molecule has 6 heteroatoms. The van der Waals surface area contributed by atoms with Crippen LogP contribution in [-0.4, -0.2) is 45.5 Å². The van der Waals surface area contributed by atoms with Gasteiger partial charge in [-0.15, -0.1) is 0 Å². The summed E-state index contributed by atoms with van der Waals surface area (Å²) in [7, 11) is -7.73. The minimum Gasteiger partial charge on any atom is -0.0713 e. The van der Waals surface area contributed by atoms with E-state index in [0.717, 1.165) is 8.57 Å². The van der Waals surface area contributed by atoms with Gasteiger partial charge in [-0.3, -0.25) is 0 Å². The van der Waals surface area contributed by atoms with Crippen LogP contribution in [0.1, 0.15) is 46.0 Å². The summed E-state index contributed by atoms with van der Waals surface area (Å²) >= 11 is 0. The van der Waals surface area contributed by atoms with Crippen LogP contribution in [0.3, 0.4) is 0 Å². The van der Waals surface area contributed by atoms with Crippen molar-refractivity contribution in [3.05, 3.63) is 0 Å². The molecule has 0 nitrogen and oxygen atoms in total. The van der Waals surface area contributed by atoms with E-state index in [0.29, 0.717) is 0 Å². The van der Waals surface area contributed by atoms with E-state index in [-0.39, 0.29) is 0 Å². The summed E-state index contributed by atoms with van der Waals surface area (Å²) in [5, 5.41) is 0. The molecule has 0 radical (unpaired) electrons. The lowest BCUT2D eigenvalue weighted by Gasteiger charge is -2.89. The van der Waals surface area contributed by atoms with Crippen LogP contribution >= 0.6 is 0 Å². The Morgan fingerprint density at radius 1 is 0.481 bits per heavy atom. The maximum Gasteiger partial charge on any atom is 0.0417 e. The number of hydrogen-bond acceptors (Lipinski definition) is 0. The average molecular weight is 473 g/mol. The average Bonchev–Trinajstić information content (AvgIpc) is 2.50. The molecule has 3 saturated heterocycles. The van der Waals surface area contributed by atoms with Crippen molar-refractivity contribution < 1.29 is 0 Å². The molecule has 3 aliphatic rings. The van der Waals surface area contributed by atoms with Crippen molar-refractivity contribution in [2.24, 2.45) is 0 Å². The summed E-state index contributed by atoms with van der Waals surface area (Å²) in [6.45, 7) is 40.6. The maximum absolute atomic E-state index is 2.95. The zero-order valence-electron chi connectivity index (χ0n) is 21.5. The van der Waals surface area contributed by atoms with Crippen LogP contribution in [-0.2, 0) is 0 Å². The second kappa shape index (κ2) is 6.40. The van der Waals surface area contributed by atoms with Crippen LogP contribution in [0.25, 0.3) is 0 Å². The molecule has 27 heavy (non-hydrogen) atoms. The third-order valence-electron chi connectivity index (χ3n) is 13.0. The summed E-state index contributed by atoms with van der Waals surface area (Å²) in [5.74, 6) is 0. The fourth-order valence-electron chi connectivity index (χ4n) is 9.92. The highest BCUT2D eigenvalue weighted by molar-refractivity contribution is 7.77. The van der Waals surface area contributed by atoms with Gasteiger partial charge in [0.2, 0.25) is 0 Å². The zero-order chi connectivity index (χ0) is 21.5. The first kappa shape index (κ1) is 24.6. The van der Waals surface area contributed by atoms with Crippen molar-refractivity contribution in [1.29, 1.82) is 0 Å². The quantitative estimate of drug-likeness (QED) is 0.280. The van der Waals surface area contributed by atoms with E-state index >= 15 is 0 Å². The summed E-state index contributed by atoms with van der Waals surface area (Å²) in [6, 6.07) is 0. The van der Waals surface area contributed by atoms with Gasteiger partial charge in [-0.2, -0.15) is 0 Å². The van der Waals surface area contributed by atoms with Gasteiger partial charge in [0.15, 0.2) is 0 Å². The van der Waals surface area contributed by atoms with Gasteiger partial charge in [0.25, 0.3) is 0 Å². The van der Waals surface area contributed by atoms with Crippen molar-refractivity contribution in [2.45, 2.75) is 133 Å². The highest BCUT2D eigenvalue weighted by Crippen LogP contribution is 2.80. The summed E-state index contributed by atoms with van der Waals surface area (Å²) in [6.07, 6.45) is 7.55. The molecule has 0 unspecified atom stereocenters. The molecule has 0 saturated carbocycles. The number of hydrogen-bond donors (Lipinski definition) is 0. The lowest BCUT2D eigenvalue weighted by molar-refractivity contribution is 0.616. The Hall–Kier alpha value is 1.30.